The number of hydrogen-bond donors (Lipinski definition) is 1. The third-order valence-electron chi connectivity index (χ3n) is 2.38. The molecule has 1 N–H and O–H groups in total. The van der Waals surface area contributed by atoms with Crippen LogP contribution in [0.1, 0.15) is 11.3 Å². The van der Waals surface area contributed by atoms with Gasteiger partial charge in [0.05, 0.1) is 6.26 Å². The van der Waals surface area contributed by atoms with Gasteiger partial charge in [0.25, 0.3) is 0 Å². The number of furan rings is 1. The van der Waals surface area contributed by atoms with E-state index in [0.29, 0.717) is 17.0 Å². The summed E-state index contributed by atoms with van der Waals surface area (Å²) in [5, 5.41) is 2.56. The Hall–Kier alpha value is -2.36. The zero-order valence-corrected chi connectivity index (χ0v) is 9.81. The molecule has 0 aliphatic rings. The molecule has 0 bridgehead atoms. The van der Waals surface area contributed by atoms with Crippen LogP contribution in [0.25, 0.3) is 6.08 Å². The quantitative estimate of drug-likeness (QED) is 0.842. The predicted octanol–water partition coefficient (Wildman–Crippen LogP) is 3.38. The van der Waals surface area contributed by atoms with Crippen molar-refractivity contribution in [3.05, 3.63) is 59.8 Å². The summed E-state index contributed by atoms with van der Waals surface area (Å²) in [5.74, 6) is -0.0993. The molecule has 1 heterocycles. The van der Waals surface area contributed by atoms with Crippen molar-refractivity contribution in [2.75, 3.05) is 5.32 Å². The number of rotatable bonds is 3. The van der Waals surface area contributed by atoms with Gasteiger partial charge in [0, 0.05) is 11.8 Å². The van der Waals surface area contributed by atoms with Crippen LogP contribution in [0.5, 0.6) is 0 Å². The van der Waals surface area contributed by atoms with Crippen molar-refractivity contribution in [3.63, 3.8) is 0 Å². The molecule has 0 radical (unpaired) electrons. The molecule has 1 aromatic heterocycles. The average molecular weight is 245 g/mol. The van der Waals surface area contributed by atoms with Crippen LogP contribution in [0.15, 0.2) is 47.1 Å². The van der Waals surface area contributed by atoms with E-state index in [0.717, 1.165) is 0 Å². The molecule has 0 spiro atoms. The topological polar surface area (TPSA) is 42.2 Å². The highest BCUT2D eigenvalue weighted by Gasteiger charge is 2.02. The van der Waals surface area contributed by atoms with Gasteiger partial charge in [-0.25, -0.2) is 4.39 Å². The minimum atomic E-state index is -0.345. The Kier molecular flexibility index (Phi) is 3.57. The number of anilines is 1. The minimum absolute atomic E-state index is 0.338. The zero-order chi connectivity index (χ0) is 13.0. The second-order valence-corrected chi connectivity index (χ2v) is 3.80. The number of carbonyl (C=O) groups is 1. The highest BCUT2D eigenvalue weighted by Crippen LogP contribution is 2.13. The molecule has 0 aliphatic carbocycles. The molecule has 2 aromatic rings. The second kappa shape index (κ2) is 5.31. The van der Waals surface area contributed by atoms with E-state index in [-0.39, 0.29) is 11.7 Å². The van der Waals surface area contributed by atoms with Gasteiger partial charge in [-0.15, -0.1) is 0 Å². The molecule has 1 amide bonds. The monoisotopic (exact) mass is 245 g/mol. The van der Waals surface area contributed by atoms with Crippen molar-refractivity contribution in [1.29, 1.82) is 0 Å². The van der Waals surface area contributed by atoms with Gasteiger partial charge >= 0.3 is 0 Å². The summed E-state index contributed by atoms with van der Waals surface area (Å²) in [4.78, 5) is 11.5. The van der Waals surface area contributed by atoms with E-state index >= 15 is 0 Å². The Morgan fingerprint density at radius 1 is 1.39 bits per heavy atom. The van der Waals surface area contributed by atoms with Gasteiger partial charge in [0.15, 0.2) is 0 Å². The number of amides is 1. The maximum absolute atomic E-state index is 13.3. The van der Waals surface area contributed by atoms with Crippen LogP contribution in [-0.2, 0) is 4.79 Å². The molecular weight excluding hydrogens is 233 g/mol. The van der Waals surface area contributed by atoms with Crippen molar-refractivity contribution >= 4 is 17.7 Å². The van der Waals surface area contributed by atoms with Gasteiger partial charge in [-0.2, -0.15) is 0 Å². The molecule has 0 fully saturated rings. The standard InChI is InChI=1S/C14H12FNO2/c1-10-4-5-11(9-13(10)15)16-14(17)7-6-12-3-2-8-18-12/h2-9H,1H3,(H,16,17)/b7-6+. The van der Waals surface area contributed by atoms with Crippen LogP contribution >= 0.6 is 0 Å². The van der Waals surface area contributed by atoms with Crippen LogP contribution in [0, 0.1) is 12.7 Å². The minimum Gasteiger partial charge on any atom is -0.465 e. The van der Waals surface area contributed by atoms with Gasteiger partial charge in [0.2, 0.25) is 5.91 Å². The number of halogens is 1. The predicted molar refractivity (Wildman–Crippen MR) is 67.5 cm³/mol. The summed E-state index contributed by atoms with van der Waals surface area (Å²) in [7, 11) is 0. The van der Waals surface area contributed by atoms with Crippen LogP contribution in [-0.4, -0.2) is 5.91 Å². The maximum atomic E-state index is 13.3. The van der Waals surface area contributed by atoms with E-state index in [9.17, 15) is 9.18 Å². The Morgan fingerprint density at radius 2 is 2.22 bits per heavy atom. The fourth-order valence-electron chi connectivity index (χ4n) is 1.40. The van der Waals surface area contributed by atoms with Crippen LogP contribution < -0.4 is 5.32 Å². The lowest BCUT2D eigenvalue weighted by molar-refractivity contribution is -0.111. The van der Waals surface area contributed by atoms with Crippen molar-refractivity contribution in [2.24, 2.45) is 0 Å². The molecule has 0 unspecified atom stereocenters. The number of nitrogens with one attached hydrogen (secondary N) is 1. The Labute approximate surface area is 104 Å². The van der Waals surface area contributed by atoms with E-state index in [1.165, 1.54) is 18.4 Å². The van der Waals surface area contributed by atoms with Crippen molar-refractivity contribution in [3.8, 4) is 0 Å². The lowest BCUT2D eigenvalue weighted by Crippen LogP contribution is -2.07. The maximum Gasteiger partial charge on any atom is 0.248 e. The van der Waals surface area contributed by atoms with Gasteiger partial charge in [-0.1, -0.05) is 6.07 Å². The summed E-state index contributed by atoms with van der Waals surface area (Å²) in [6.45, 7) is 1.66. The van der Waals surface area contributed by atoms with E-state index in [1.54, 1.807) is 37.3 Å². The largest absolute Gasteiger partial charge is 0.465 e. The number of aryl methyl sites for hydroxylation is 1. The van der Waals surface area contributed by atoms with Gasteiger partial charge in [0.1, 0.15) is 11.6 Å². The van der Waals surface area contributed by atoms with E-state index in [4.69, 9.17) is 4.42 Å². The fourth-order valence-corrected chi connectivity index (χ4v) is 1.40. The smallest absolute Gasteiger partial charge is 0.248 e. The number of carbonyl (C=O) groups excluding carboxylic acids is 1. The van der Waals surface area contributed by atoms with Crippen LogP contribution in [0.4, 0.5) is 10.1 Å². The first-order valence-electron chi connectivity index (χ1n) is 5.44. The lowest BCUT2D eigenvalue weighted by atomic mass is 10.2. The van der Waals surface area contributed by atoms with Gasteiger partial charge in [-0.3, -0.25) is 4.79 Å². The molecule has 2 rings (SSSR count). The Bertz CT molecular complexity index is 573. The number of hydrogen-bond acceptors (Lipinski definition) is 2. The molecule has 3 nitrogen and oxygen atoms in total. The highest BCUT2D eigenvalue weighted by molar-refractivity contribution is 6.01. The molecule has 1 aromatic carbocycles. The SMILES string of the molecule is Cc1ccc(NC(=O)/C=C/c2ccco2)cc1F. The molecular formula is C14H12FNO2. The second-order valence-electron chi connectivity index (χ2n) is 3.80. The highest BCUT2D eigenvalue weighted by atomic mass is 19.1. The van der Waals surface area contributed by atoms with E-state index in [2.05, 4.69) is 5.32 Å². The van der Waals surface area contributed by atoms with E-state index < -0.39 is 0 Å². The molecule has 0 saturated heterocycles. The third-order valence-corrected chi connectivity index (χ3v) is 2.38. The molecule has 0 atom stereocenters. The van der Waals surface area contributed by atoms with Crippen molar-refractivity contribution in [2.45, 2.75) is 6.92 Å². The normalized spacial score (nSPS) is 10.8. The zero-order valence-electron chi connectivity index (χ0n) is 9.81. The molecule has 0 saturated carbocycles. The first-order valence-corrected chi connectivity index (χ1v) is 5.44. The Balaban J connectivity index is 2.01. The summed E-state index contributed by atoms with van der Waals surface area (Å²) in [5.41, 5.74) is 0.964. The Morgan fingerprint density at radius 3 is 2.89 bits per heavy atom. The number of benzene rings is 1. The van der Waals surface area contributed by atoms with Gasteiger partial charge < -0.3 is 9.73 Å². The van der Waals surface area contributed by atoms with Crippen molar-refractivity contribution in [1.82, 2.24) is 0 Å². The summed E-state index contributed by atoms with van der Waals surface area (Å²) < 4.78 is 18.3. The van der Waals surface area contributed by atoms with Crippen LogP contribution in [0.2, 0.25) is 0 Å². The van der Waals surface area contributed by atoms with E-state index in [1.807, 2.05) is 0 Å². The van der Waals surface area contributed by atoms with Gasteiger partial charge in [-0.05, 0) is 42.8 Å². The summed E-state index contributed by atoms with van der Waals surface area (Å²) in [6.07, 6.45) is 4.39. The lowest BCUT2D eigenvalue weighted by Gasteiger charge is -2.03. The van der Waals surface area contributed by atoms with Crippen molar-refractivity contribution < 1.29 is 13.6 Å². The first kappa shape index (κ1) is 12.1. The molecule has 4 heteroatoms. The van der Waals surface area contributed by atoms with Crippen LogP contribution in [0.3, 0.4) is 0 Å². The summed E-state index contributed by atoms with van der Waals surface area (Å²) >= 11 is 0. The first-order chi connectivity index (χ1) is 8.65. The third kappa shape index (κ3) is 3.07. The molecule has 18 heavy (non-hydrogen) atoms. The summed E-state index contributed by atoms with van der Waals surface area (Å²) in [6, 6.07) is 8.01. The fraction of sp³-hybridized carbons (Fsp3) is 0.0714. The molecule has 0 aliphatic heterocycles. The molecule has 92 valence electrons. The average Bonchev–Trinajstić information content (AvgIpc) is 2.84.